The minimum Gasteiger partial charge on any atom is -0.457 e. The summed E-state index contributed by atoms with van der Waals surface area (Å²) < 4.78 is 20.8. The Morgan fingerprint density at radius 1 is 1.15 bits per heavy atom. The molecule has 0 bridgehead atoms. The Morgan fingerprint density at radius 3 is 2.81 bits per heavy atom. The maximum absolute atomic E-state index is 13.9. The summed E-state index contributed by atoms with van der Waals surface area (Å²) in [7, 11) is 0. The summed E-state index contributed by atoms with van der Waals surface area (Å²) in [6, 6.07) is 16.2. The molecule has 2 aromatic carbocycles. The van der Waals surface area contributed by atoms with Gasteiger partial charge < -0.3 is 9.73 Å². The normalized spacial score (nSPS) is 11.0. The lowest BCUT2D eigenvalue weighted by molar-refractivity contribution is 0.101. The van der Waals surface area contributed by atoms with Crippen molar-refractivity contribution >= 4 is 33.0 Å². The van der Waals surface area contributed by atoms with Gasteiger partial charge in [0.2, 0.25) is 0 Å². The first-order chi connectivity index (χ1) is 12.6. The smallest absolute Gasteiger partial charge is 0.164 e. The number of furan rings is 1. The largest absolute Gasteiger partial charge is 0.457 e. The number of carbonyl (C=O) groups is 1. The summed E-state index contributed by atoms with van der Waals surface area (Å²) in [5.41, 5.74) is 1.45. The molecule has 6 heteroatoms. The molecule has 0 aliphatic carbocycles. The second-order valence-corrected chi connectivity index (χ2v) is 6.86. The van der Waals surface area contributed by atoms with E-state index in [9.17, 15) is 9.18 Å². The van der Waals surface area contributed by atoms with Crippen LogP contribution >= 0.6 is 11.3 Å². The van der Waals surface area contributed by atoms with Crippen LogP contribution < -0.4 is 5.32 Å². The lowest BCUT2D eigenvalue weighted by Gasteiger charge is -2.09. The molecule has 2 aromatic heterocycles. The summed E-state index contributed by atoms with van der Waals surface area (Å²) in [5.74, 6) is 0.518. The van der Waals surface area contributed by atoms with E-state index in [-0.39, 0.29) is 11.3 Å². The molecule has 0 amide bonds. The average Bonchev–Trinajstić information content (AvgIpc) is 3.26. The average molecular weight is 366 g/mol. The highest BCUT2D eigenvalue weighted by Crippen LogP contribution is 2.31. The zero-order chi connectivity index (χ0) is 18.1. The number of halogens is 1. The van der Waals surface area contributed by atoms with Crippen molar-refractivity contribution in [2.24, 2.45) is 0 Å². The predicted molar refractivity (Wildman–Crippen MR) is 101 cm³/mol. The van der Waals surface area contributed by atoms with Crippen molar-refractivity contribution in [3.05, 3.63) is 71.7 Å². The number of fused-ring (bicyclic) bond motifs is 1. The number of nitrogens with one attached hydrogen (secondary N) is 1. The molecule has 1 N–H and O–H groups in total. The number of benzene rings is 2. The number of Topliss-reactive ketones (excluding diaryl/α,β-unsaturated/α-hetero) is 1. The minimum absolute atomic E-state index is 0.0606. The van der Waals surface area contributed by atoms with Crippen molar-refractivity contribution < 1.29 is 13.6 Å². The molecule has 0 aliphatic heterocycles. The number of aromatic nitrogens is 1. The molecule has 0 atom stereocenters. The van der Waals surface area contributed by atoms with Crippen molar-refractivity contribution in [2.45, 2.75) is 13.5 Å². The van der Waals surface area contributed by atoms with Crippen LogP contribution in [0.3, 0.4) is 0 Å². The Kier molecular flexibility index (Phi) is 4.26. The quantitative estimate of drug-likeness (QED) is 0.473. The number of para-hydroxylation sites is 1. The number of rotatable bonds is 5. The molecule has 4 rings (SSSR count). The molecule has 0 aliphatic rings. The lowest BCUT2D eigenvalue weighted by Crippen LogP contribution is -2.06. The first-order valence-electron chi connectivity index (χ1n) is 8.10. The highest BCUT2D eigenvalue weighted by atomic mass is 32.1. The molecule has 4 aromatic rings. The van der Waals surface area contributed by atoms with E-state index >= 15 is 0 Å². The molecule has 130 valence electrons. The number of anilines is 1. The maximum Gasteiger partial charge on any atom is 0.164 e. The number of hydrogen-bond acceptors (Lipinski definition) is 5. The van der Waals surface area contributed by atoms with Crippen molar-refractivity contribution in [2.75, 3.05) is 5.32 Å². The van der Waals surface area contributed by atoms with Crippen LogP contribution in [-0.4, -0.2) is 10.8 Å². The maximum atomic E-state index is 13.9. The van der Waals surface area contributed by atoms with Crippen LogP contribution in [-0.2, 0) is 6.54 Å². The molecular weight excluding hydrogens is 351 g/mol. The molecule has 0 radical (unpaired) electrons. The number of hydrogen-bond donors (Lipinski definition) is 1. The van der Waals surface area contributed by atoms with Gasteiger partial charge in [0, 0.05) is 5.69 Å². The predicted octanol–water partition coefficient (Wildman–Crippen LogP) is 5.51. The van der Waals surface area contributed by atoms with Crippen LogP contribution in [0.15, 0.2) is 59.0 Å². The monoisotopic (exact) mass is 366 g/mol. The SMILES string of the molecule is CC(=O)c1c(F)cccc1NCc1ccc(-c2nc3ccccc3s2)o1. The summed E-state index contributed by atoms with van der Waals surface area (Å²) in [4.78, 5) is 16.2. The van der Waals surface area contributed by atoms with E-state index in [0.717, 1.165) is 15.2 Å². The third-order valence-electron chi connectivity index (χ3n) is 3.99. The number of thiazole rings is 1. The second kappa shape index (κ2) is 6.72. The van der Waals surface area contributed by atoms with Gasteiger partial charge in [-0.2, -0.15) is 0 Å². The highest BCUT2D eigenvalue weighted by Gasteiger charge is 2.14. The Hall–Kier alpha value is -2.99. The third-order valence-corrected chi connectivity index (χ3v) is 5.04. The summed E-state index contributed by atoms with van der Waals surface area (Å²) in [6.45, 7) is 1.69. The van der Waals surface area contributed by atoms with Crippen LogP contribution in [0.4, 0.5) is 10.1 Å². The van der Waals surface area contributed by atoms with Gasteiger partial charge in [0.1, 0.15) is 11.6 Å². The lowest BCUT2D eigenvalue weighted by atomic mass is 10.1. The Balaban J connectivity index is 1.54. The van der Waals surface area contributed by atoms with Crippen LogP contribution in [0.2, 0.25) is 0 Å². The standard InChI is InChI=1S/C20H15FN2O2S/c1-12(24)19-14(21)5-4-7-16(19)22-11-13-9-10-17(25-13)20-23-15-6-2-3-8-18(15)26-20/h2-10,22H,11H2,1H3. The Morgan fingerprint density at radius 2 is 2.00 bits per heavy atom. The highest BCUT2D eigenvalue weighted by molar-refractivity contribution is 7.21. The molecule has 0 fully saturated rings. The van der Waals surface area contributed by atoms with Gasteiger partial charge in [-0.15, -0.1) is 11.3 Å². The van der Waals surface area contributed by atoms with E-state index in [0.29, 0.717) is 23.8 Å². The van der Waals surface area contributed by atoms with Crippen molar-refractivity contribution in [3.63, 3.8) is 0 Å². The summed E-state index contributed by atoms with van der Waals surface area (Å²) in [6.07, 6.45) is 0. The molecule has 0 spiro atoms. The second-order valence-electron chi connectivity index (χ2n) is 5.82. The summed E-state index contributed by atoms with van der Waals surface area (Å²) >= 11 is 1.57. The molecule has 2 heterocycles. The van der Waals surface area contributed by atoms with Crippen molar-refractivity contribution in [3.8, 4) is 10.8 Å². The van der Waals surface area contributed by atoms with Gasteiger partial charge in [0.15, 0.2) is 16.6 Å². The van der Waals surface area contributed by atoms with Crippen molar-refractivity contribution in [1.29, 1.82) is 0 Å². The van der Waals surface area contributed by atoms with Gasteiger partial charge in [-0.05, 0) is 43.3 Å². The van der Waals surface area contributed by atoms with Gasteiger partial charge in [-0.1, -0.05) is 18.2 Å². The van der Waals surface area contributed by atoms with Crippen LogP contribution in [0.1, 0.15) is 23.0 Å². The molecule has 4 nitrogen and oxygen atoms in total. The topological polar surface area (TPSA) is 55.1 Å². The van der Waals surface area contributed by atoms with Crippen molar-refractivity contribution in [1.82, 2.24) is 4.98 Å². The fourth-order valence-electron chi connectivity index (χ4n) is 2.78. The van der Waals surface area contributed by atoms with E-state index in [1.165, 1.54) is 13.0 Å². The molecule has 0 unspecified atom stereocenters. The third kappa shape index (κ3) is 3.11. The van der Waals surface area contributed by atoms with Gasteiger partial charge in [0.25, 0.3) is 0 Å². The first-order valence-corrected chi connectivity index (χ1v) is 8.91. The molecule has 0 saturated carbocycles. The van der Waals surface area contributed by atoms with Gasteiger partial charge in [0.05, 0.1) is 22.3 Å². The van der Waals surface area contributed by atoms with E-state index in [4.69, 9.17) is 4.42 Å². The molecule has 0 saturated heterocycles. The van der Waals surface area contributed by atoms with E-state index in [2.05, 4.69) is 10.3 Å². The zero-order valence-electron chi connectivity index (χ0n) is 14.0. The Labute approximate surface area is 153 Å². The molecule has 26 heavy (non-hydrogen) atoms. The van der Waals surface area contributed by atoms with E-state index < -0.39 is 5.82 Å². The minimum atomic E-state index is -0.530. The summed E-state index contributed by atoms with van der Waals surface area (Å²) in [5, 5.41) is 3.88. The number of ketones is 1. The first kappa shape index (κ1) is 16.5. The van der Waals surface area contributed by atoms with E-state index in [1.807, 2.05) is 36.4 Å². The number of nitrogens with zero attached hydrogens (tertiary/aromatic N) is 1. The van der Waals surface area contributed by atoms with Gasteiger partial charge >= 0.3 is 0 Å². The fraction of sp³-hybridized carbons (Fsp3) is 0.100. The zero-order valence-corrected chi connectivity index (χ0v) is 14.8. The van der Waals surface area contributed by atoms with Gasteiger partial charge in [-0.25, -0.2) is 9.37 Å². The van der Waals surface area contributed by atoms with Crippen LogP contribution in [0, 0.1) is 5.82 Å². The van der Waals surface area contributed by atoms with Gasteiger partial charge in [-0.3, -0.25) is 4.79 Å². The number of carbonyl (C=O) groups excluding carboxylic acids is 1. The van der Waals surface area contributed by atoms with E-state index in [1.54, 1.807) is 23.5 Å². The van der Waals surface area contributed by atoms with Crippen LogP contribution in [0.5, 0.6) is 0 Å². The Bertz CT molecular complexity index is 1070. The fourth-order valence-corrected chi connectivity index (χ4v) is 3.70. The molecular formula is C20H15FN2O2S. The van der Waals surface area contributed by atoms with Crippen LogP contribution in [0.25, 0.3) is 21.0 Å².